The van der Waals surface area contributed by atoms with E-state index in [1.807, 2.05) is 49.4 Å². The van der Waals surface area contributed by atoms with Crippen LogP contribution < -0.4 is 9.80 Å². The fraction of sp³-hybridized carbons (Fsp3) is 0.450. The number of anilines is 2. The van der Waals surface area contributed by atoms with Gasteiger partial charge in [0.05, 0.1) is 11.4 Å². The van der Waals surface area contributed by atoms with Crippen molar-refractivity contribution in [2.24, 2.45) is 0 Å². The van der Waals surface area contributed by atoms with E-state index in [0.29, 0.717) is 36.8 Å². The summed E-state index contributed by atoms with van der Waals surface area (Å²) in [4.78, 5) is 21.5. The summed E-state index contributed by atoms with van der Waals surface area (Å²) >= 11 is 0. The Morgan fingerprint density at radius 2 is 1.62 bits per heavy atom. The minimum atomic E-state index is -0.312. The Morgan fingerprint density at radius 3 is 2.28 bits per heavy atom. The summed E-state index contributed by atoms with van der Waals surface area (Å²) in [5.74, 6) is 2.39. The lowest BCUT2D eigenvalue weighted by Crippen LogP contribution is -2.47. The van der Waals surface area contributed by atoms with E-state index in [-0.39, 0.29) is 5.82 Å². The van der Waals surface area contributed by atoms with Crippen LogP contribution >= 0.6 is 0 Å². The van der Waals surface area contributed by atoms with Crippen molar-refractivity contribution < 1.29 is 4.39 Å². The molecule has 0 radical (unpaired) electrons. The highest BCUT2D eigenvalue weighted by Crippen LogP contribution is 2.23. The van der Waals surface area contributed by atoms with Crippen molar-refractivity contribution >= 4 is 11.6 Å². The maximum atomic E-state index is 14.6. The Morgan fingerprint density at radius 1 is 0.931 bits per heavy atom. The van der Waals surface area contributed by atoms with Crippen molar-refractivity contribution in [1.82, 2.24) is 29.7 Å². The van der Waals surface area contributed by atoms with E-state index >= 15 is 0 Å². The third kappa shape index (κ3) is 3.76. The molecule has 9 heteroatoms. The van der Waals surface area contributed by atoms with Gasteiger partial charge < -0.3 is 9.80 Å². The first-order valence-electron chi connectivity index (χ1n) is 9.85. The molecule has 3 aromatic rings. The van der Waals surface area contributed by atoms with Crippen LogP contribution in [-0.2, 0) is 6.42 Å². The van der Waals surface area contributed by atoms with Gasteiger partial charge in [0.15, 0.2) is 17.5 Å². The first-order valence-corrected chi connectivity index (χ1v) is 9.85. The highest BCUT2D eigenvalue weighted by molar-refractivity contribution is 5.48. The molecule has 0 bridgehead atoms. The van der Waals surface area contributed by atoms with Gasteiger partial charge in [0.2, 0.25) is 0 Å². The predicted molar refractivity (Wildman–Crippen MR) is 109 cm³/mol. The molecule has 29 heavy (non-hydrogen) atoms. The summed E-state index contributed by atoms with van der Waals surface area (Å²) in [5.41, 5.74) is 2.44. The number of hydrogen-bond acceptors (Lipinski definition) is 7. The van der Waals surface area contributed by atoms with Crippen LogP contribution in [0.5, 0.6) is 0 Å². The van der Waals surface area contributed by atoms with Gasteiger partial charge in [0, 0.05) is 37.9 Å². The molecule has 1 aliphatic heterocycles. The summed E-state index contributed by atoms with van der Waals surface area (Å²) in [5, 5.41) is 4.53. The maximum Gasteiger partial charge on any atom is 0.187 e. The quantitative estimate of drug-likeness (QED) is 0.670. The third-order valence-corrected chi connectivity index (χ3v) is 5.12. The van der Waals surface area contributed by atoms with E-state index in [2.05, 4.69) is 29.9 Å². The lowest BCUT2D eigenvalue weighted by Gasteiger charge is -2.36. The number of nitrogens with zero attached hydrogens (tertiary/aromatic N) is 8. The van der Waals surface area contributed by atoms with Gasteiger partial charge in [-0.05, 0) is 33.3 Å². The molecule has 4 heterocycles. The lowest BCUT2D eigenvalue weighted by molar-refractivity contribution is 0.567. The van der Waals surface area contributed by atoms with Crippen molar-refractivity contribution in [1.29, 1.82) is 0 Å². The van der Waals surface area contributed by atoms with Crippen molar-refractivity contribution in [3.05, 3.63) is 47.2 Å². The van der Waals surface area contributed by atoms with Gasteiger partial charge in [-0.1, -0.05) is 6.92 Å². The van der Waals surface area contributed by atoms with Crippen LogP contribution in [-0.4, -0.2) is 55.9 Å². The first kappa shape index (κ1) is 19.2. The standard InChI is InChI=1S/C20H25FN8/c1-5-16-19(21)20(23-12-22-16)28-8-6-27(7-9-28)17-11-18(25-15(4)24-17)29-14(3)10-13(2)26-29/h10-12H,5-9H2,1-4H3. The molecule has 0 amide bonds. The molecule has 1 aliphatic rings. The number of piperazine rings is 1. The van der Waals surface area contributed by atoms with Gasteiger partial charge in [-0.15, -0.1) is 0 Å². The Bertz CT molecular complexity index is 1020. The van der Waals surface area contributed by atoms with Gasteiger partial charge in [0.1, 0.15) is 18.0 Å². The zero-order chi connectivity index (χ0) is 20.5. The van der Waals surface area contributed by atoms with Crippen LogP contribution in [0, 0.1) is 26.6 Å². The Hall–Kier alpha value is -3.10. The van der Waals surface area contributed by atoms with Crippen LogP contribution in [0.4, 0.5) is 16.0 Å². The van der Waals surface area contributed by atoms with E-state index in [1.165, 1.54) is 6.33 Å². The van der Waals surface area contributed by atoms with Crippen LogP contribution in [0.2, 0.25) is 0 Å². The smallest absolute Gasteiger partial charge is 0.187 e. The Labute approximate surface area is 169 Å². The second-order valence-electron chi connectivity index (χ2n) is 7.26. The molecule has 0 N–H and O–H groups in total. The summed E-state index contributed by atoms with van der Waals surface area (Å²) < 4.78 is 16.4. The van der Waals surface area contributed by atoms with Gasteiger partial charge in [-0.2, -0.15) is 5.10 Å². The maximum absolute atomic E-state index is 14.6. The average Bonchev–Trinajstić information content (AvgIpc) is 3.06. The molecule has 0 spiro atoms. The monoisotopic (exact) mass is 396 g/mol. The second-order valence-corrected chi connectivity index (χ2v) is 7.26. The zero-order valence-corrected chi connectivity index (χ0v) is 17.2. The molecule has 8 nitrogen and oxygen atoms in total. The van der Waals surface area contributed by atoms with Gasteiger partial charge in [0.25, 0.3) is 0 Å². The number of aryl methyl sites for hydroxylation is 4. The van der Waals surface area contributed by atoms with Crippen LogP contribution in [0.3, 0.4) is 0 Å². The minimum absolute atomic E-state index is 0.312. The van der Waals surface area contributed by atoms with E-state index in [0.717, 1.165) is 36.1 Å². The number of aromatic nitrogens is 6. The van der Waals surface area contributed by atoms with E-state index in [1.54, 1.807) is 0 Å². The Kier molecular flexibility index (Phi) is 5.12. The predicted octanol–water partition coefficient (Wildman–Crippen LogP) is 2.41. The molecule has 3 aromatic heterocycles. The molecule has 0 unspecified atom stereocenters. The normalized spacial score (nSPS) is 14.5. The molecule has 152 valence electrons. The second kappa shape index (κ2) is 7.73. The zero-order valence-electron chi connectivity index (χ0n) is 17.2. The summed E-state index contributed by atoms with van der Waals surface area (Å²) in [7, 11) is 0. The molecule has 4 rings (SSSR count). The van der Waals surface area contributed by atoms with Crippen molar-refractivity contribution in [2.45, 2.75) is 34.1 Å². The lowest BCUT2D eigenvalue weighted by atomic mass is 10.2. The SMILES string of the molecule is CCc1ncnc(N2CCN(c3cc(-n4nc(C)cc4C)nc(C)n3)CC2)c1F. The summed E-state index contributed by atoms with van der Waals surface area (Å²) in [6.45, 7) is 10.5. The topological polar surface area (TPSA) is 75.9 Å². The fourth-order valence-corrected chi connectivity index (χ4v) is 3.68. The van der Waals surface area contributed by atoms with Gasteiger partial charge >= 0.3 is 0 Å². The van der Waals surface area contributed by atoms with E-state index < -0.39 is 0 Å². The number of rotatable bonds is 4. The molecule has 0 aliphatic carbocycles. The van der Waals surface area contributed by atoms with Crippen LogP contribution in [0.15, 0.2) is 18.5 Å². The highest BCUT2D eigenvalue weighted by atomic mass is 19.1. The third-order valence-electron chi connectivity index (χ3n) is 5.12. The molecule has 1 saturated heterocycles. The molecule has 1 fully saturated rings. The van der Waals surface area contributed by atoms with Gasteiger partial charge in [-0.3, -0.25) is 0 Å². The number of halogens is 1. The largest absolute Gasteiger partial charge is 0.353 e. The van der Waals surface area contributed by atoms with E-state index in [9.17, 15) is 4.39 Å². The van der Waals surface area contributed by atoms with Crippen molar-refractivity contribution in [3.8, 4) is 5.82 Å². The molecular weight excluding hydrogens is 371 g/mol. The fourth-order valence-electron chi connectivity index (χ4n) is 3.68. The van der Waals surface area contributed by atoms with E-state index in [4.69, 9.17) is 0 Å². The minimum Gasteiger partial charge on any atom is -0.353 e. The Balaban J connectivity index is 1.54. The average molecular weight is 396 g/mol. The molecule has 0 aromatic carbocycles. The summed E-state index contributed by atoms with van der Waals surface area (Å²) in [6.07, 6.45) is 1.99. The molecular formula is C20H25FN8. The van der Waals surface area contributed by atoms with Crippen LogP contribution in [0.25, 0.3) is 5.82 Å². The molecule has 0 saturated carbocycles. The number of hydrogen-bond donors (Lipinski definition) is 0. The first-order chi connectivity index (χ1) is 14.0. The van der Waals surface area contributed by atoms with Crippen molar-refractivity contribution in [3.63, 3.8) is 0 Å². The highest BCUT2D eigenvalue weighted by Gasteiger charge is 2.23. The van der Waals surface area contributed by atoms with Gasteiger partial charge in [-0.25, -0.2) is 29.0 Å². The molecule has 0 atom stereocenters. The van der Waals surface area contributed by atoms with Crippen LogP contribution in [0.1, 0.15) is 29.8 Å². The van der Waals surface area contributed by atoms with Crippen molar-refractivity contribution in [2.75, 3.05) is 36.0 Å². The summed E-state index contributed by atoms with van der Waals surface area (Å²) in [6, 6.07) is 3.99.